The second-order valence-corrected chi connectivity index (χ2v) is 19.1. The number of hydrogen-bond donors (Lipinski definition) is 0. The minimum atomic E-state index is 0.569. The lowest BCUT2D eigenvalue weighted by Crippen LogP contribution is -2.04. The first-order valence-corrected chi connectivity index (χ1v) is 23.7. The predicted molar refractivity (Wildman–Crippen MR) is 279 cm³/mol. The SMILES string of the molecule is c1ccc2cc3c(cc2c1)c1ccc2ccccc2c1n3-c1c(-c2nc(-c3cccc4c3sc3ccccc34)nc(-c3cccc4c3sc3ccccc34)n2)ccc2c1oc1ccccc12. The fraction of sp³-hybridized carbons (Fsp3) is 0. The molecule has 0 aliphatic carbocycles. The normalized spacial score (nSPS) is 12.2. The Kier molecular flexibility index (Phi) is 7.47. The highest BCUT2D eigenvalue weighted by Gasteiger charge is 2.27. The molecule has 0 aliphatic heterocycles. The monoisotopic (exact) mass is 876 g/mol. The van der Waals surface area contributed by atoms with Crippen molar-refractivity contribution in [1.82, 2.24) is 19.5 Å². The molecule has 5 heterocycles. The van der Waals surface area contributed by atoms with Crippen molar-refractivity contribution in [1.29, 1.82) is 0 Å². The second kappa shape index (κ2) is 13.6. The van der Waals surface area contributed by atoms with Gasteiger partial charge in [-0.2, -0.15) is 0 Å². The van der Waals surface area contributed by atoms with E-state index in [-0.39, 0.29) is 0 Å². The number of hydrogen-bond acceptors (Lipinski definition) is 6. The zero-order valence-corrected chi connectivity index (χ0v) is 36.6. The molecule has 7 heteroatoms. The van der Waals surface area contributed by atoms with Gasteiger partial charge in [0.1, 0.15) is 11.3 Å². The number of benzene rings is 10. The van der Waals surface area contributed by atoms with Crippen LogP contribution in [0.25, 0.3) is 145 Å². The van der Waals surface area contributed by atoms with Gasteiger partial charge in [0.25, 0.3) is 0 Å². The lowest BCUT2D eigenvalue weighted by Gasteiger charge is -2.16. The van der Waals surface area contributed by atoms with Gasteiger partial charge >= 0.3 is 0 Å². The first kappa shape index (κ1) is 36.1. The Bertz CT molecular complexity index is 4420. The molecule has 0 saturated heterocycles. The zero-order valence-electron chi connectivity index (χ0n) is 35.0. The Hall–Kier alpha value is -8.23. The topological polar surface area (TPSA) is 56.7 Å². The minimum absolute atomic E-state index is 0.569. The maximum Gasteiger partial charge on any atom is 0.166 e. The molecular formula is C59H32N4OS2. The van der Waals surface area contributed by atoms with Crippen LogP contribution in [0.4, 0.5) is 0 Å². The van der Waals surface area contributed by atoms with E-state index in [9.17, 15) is 0 Å². The molecule has 15 aromatic rings. The summed E-state index contributed by atoms with van der Waals surface area (Å²) in [5.41, 5.74) is 7.46. The van der Waals surface area contributed by atoms with E-state index in [1.54, 1.807) is 22.7 Å². The molecule has 66 heavy (non-hydrogen) atoms. The smallest absolute Gasteiger partial charge is 0.166 e. The largest absolute Gasteiger partial charge is 0.454 e. The molecule has 0 aliphatic rings. The molecule has 0 bridgehead atoms. The van der Waals surface area contributed by atoms with Gasteiger partial charge in [-0.3, -0.25) is 0 Å². The quantitative estimate of drug-likeness (QED) is 0.177. The van der Waals surface area contributed by atoms with Crippen molar-refractivity contribution in [2.24, 2.45) is 0 Å². The van der Waals surface area contributed by atoms with E-state index in [0.717, 1.165) is 80.9 Å². The molecule has 0 amide bonds. The van der Waals surface area contributed by atoms with Crippen LogP contribution in [-0.2, 0) is 0 Å². The molecule has 5 aromatic heterocycles. The molecule has 0 N–H and O–H groups in total. The van der Waals surface area contributed by atoms with E-state index in [2.05, 4.69) is 193 Å². The highest BCUT2D eigenvalue weighted by atomic mass is 32.1. The van der Waals surface area contributed by atoms with Crippen molar-refractivity contribution < 1.29 is 4.42 Å². The Morgan fingerprint density at radius 1 is 0.364 bits per heavy atom. The fourth-order valence-electron chi connectivity index (χ4n) is 10.5. The second-order valence-electron chi connectivity index (χ2n) is 17.0. The van der Waals surface area contributed by atoms with Crippen LogP contribution < -0.4 is 0 Å². The molecular weight excluding hydrogens is 845 g/mol. The third-order valence-electron chi connectivity index (χ3n) is 13.4. The third kappa shape index (κ3) is 5.12. The standard InChI is InChI=1S/C59H32N4OS2/c1-2-15-35-32-48-47(31-34(35)14-1)40-28-27-33-13-3-4-16-36(33)52(40)63(48)53-44(30-29-41-37-17-5-8-24-49(37)64-54(41)53)57-60-58(45-22-11-20-42-38-18-6-9-25-50(38)65-55(42)45)62-59(61-57)46-23-12-21-43-39-19-7-10-26-51(39)66-56(43)46/h1-32H. The maximum absolute atomic E-state index is 7.09. The van der Waals surface area contributed by atoms with Crippen LogP contribution in [0.2, 0.25) is 0 Å². The van der Waals surface area contributed by atoms with Gasteiger partial charge in [0, 0.05) is 84.0 Å². The first-order valence-electron chi connectivity index (χ1n) is 22.1. The number of para-hydroxylation sites is 1. The van der Waals surface area contributed by atoms with E-state index < -0.39 is 0 Å². The molecule has 0 saturated carbocycles. The average molecular weight is 877 g/mol. The van der Waals surface area contributed by atoms with Crippen molar-refractivity contribution in [3.63, 3.8) is 0 Å². The third-order valence-corrected chi connectivity index (χ3v) is 15.9. The molecule has 0 radical (unpaired) electrons. The Labute approximate surface area is 384 Å². The molecule has 0 fully saturated rings. The van der Waals surface area contributed by atoms with Crippen LogP contribution in [-0.4, -0.2) is 19.5 Å². The lowest BCUT2D eigenvalue weighted by atomic mass is 10.0. The Balaban J connectivity index is 1.11. The van der Waals surface area contributed by atoms with Gasteiger partial charge in [-0.1, -0.05) is 140 Å². The van der Waals surface area contributed by atoms with E-state index in [4.69, 9.17) is 19.4 Å². The molecule has 0 spiro atoms. The van der Waals surface area contributed by atoms with Gasteiger partial charge in [-0.15, -0.1) is 22.7 Å². The molecule has 0 atom stereocenters. The Morgan fingerprint density at radius 3 is 1.58 bits per heavy atom. The highest BCUT2D eigenvalue weighted by Crippen LogP contribution is 2.47. The van der Waals surface area contributed by atoms with Gasteiger partial charge in [0.15, 0.2) is 23.1 Å². The van der Waals surface area contributed by atoms with Crippen molar-refractivity contribution in [2.45, 2.75) is 0 Å². The number of rotatable bonds is 4. The van der Waals surface area contributed by atoms with E-state index in [0.29, 0.717) is 17.5 Å². The van der Waals surface area contributed by atoms with Gasteiger partial charge in [0.2, 0.25) is 0 Å². The zero-order chi connectivity index (χ0) is 43.0. The van der Waals surface area contributed by atoms with Crippen molar-refractivity contribution in [3.05, 3.63) is 194 Å². The number of aromatic nitrogens is 4. The van der Waals surface area contributed by atoms with Crippen LogP contribution in [0, 0.1) is 0 Å². The molecule has 5 nitrogen and oxygen atoms in total. The summed E-state index contributed by atoms with van der Waals surface area (Å²) in [6.45, 7) is 0. The summed E-state index contributed by atoms with van der Waals surface area (Å²) in [7, 11) is 0. The fourth-order valence-corrected chi connectivity index (χ4v) is 12.9. The molecule has 306 valence electrons. The van der Waals surface area contributed by atoms with Crippen molar-refractivity contribution in [2.75, 3.05) is 0 Å². The summed E-state index contributed by atoms with van der Waals surface area (Å²) in [4.78, 5) is 16.6. The van der Waals surface area contributed by atoms with Gasteiger partial charge < -0.3 is 8.98 Å². The molecule has 10 aromatic carbocycles. The van der Waals surface area contributed by atoms with Crippen LogP contribution in [0.15, 0.2) is 199 Å². The Morgan fingerprint density at radius 2 is 0.894 bits per heavy atom. The predicted octanol–water partition coefficient (Wildman–Crippen LogP) is 16.9. The summed E-state index contributed by atoms with van der Waals surface area (Å²) in [5, 5.41) is 13.9. The van der Waals surface area contributed by atoms with Crippen molar-refractivity contribution >= 4 is 128 Å². The van der Waals surface area contributed by atoms with Crippen LogP contribution in [0.1, 0.15) is 0 Å². The van der Waals surface area contributed by atoms with Gasteiger partial charge in [-0.05, 0) is 70.8 Å². The van der Waals surface area contributed by atoms with E-state index in [1.165, 1.54) is 47.1 Å². The number of furan rings is 1. The number of thiophene rings is 2. The summed E-state index contributed by atoms with van der Waals surface area (Å²) in [6.07, 6.45) is 0. The minimum Gasteiger partial charge on any atom is -0.454 e. The van der Waals surface area contributed by atoms with Crippen LogP contribution in [0.3, 0.4) is 0 Å². The summed E-state index contributed by atoms with van der Waals surface area (Å²) in [5.74, 6) is 1.82. The average Bonchev–Trinajstić information content (AvgIpc) is 4.14. The highest BCUT2D eigenvalue weighted by molar-refractivity contribution is 7.26. The van der Waals surface area contributed by atoms with Crippen LogP contribution in [0.5, 0.6) is 0 Å². The van der Waals surface area contributed by atoms with E-state index >= 15 is 0 Å². The molecule has 0 unspecified atom stereocenters. The maximum atomic E-state index is 7.09. The molecule has 15 rings (SSSR count). The lowest BCUT2D eigenvalue weighted by molar-refractivity contribution is 0.666. The van der Waals surface area contributed by atoms with E-state index in [1.807, 2.05) is 6.07 Å². The summed E-state index contributed by atoms with van der Waals surface area (Å²) < 4.78 is 14.3. The number of fused-ring (bicyclic) bond motifs is 15. The van der Waals surface area contributed by atoms with Gasteiger partial charge in [-0.25, -0.2) is 15.0 Å². The van der Waals surface area contributed by atoms with Crippen LogP contribution >= 0.6 is 22.7 Å². The van der Waals surface area contributed by atoms with Gasteiger partial charge in [0.05, 0.1) is 11.0 Å². The summed E-state index contributed by atoms with van der Waals surface area (Å²) >= 11 is 3.57. The van der Waals surface area contributed by atoms with Crippen molar-refractivity contribution in [3.8, 4) is 39.9 Å². The number of nitrogens with zero attached hydrogens (tertiary/aromatic N) is 4. The first-order chi connectivity index (χ1) is 32.7. The summed E-state index contributed by atoms with van der Waals surface area (Å²) in [6, 6.07) is 69.5.